The van der Waals surface area contributed by atoms with E-state index in [2.05, 4.69) is 32.7 Å². The Morgan fingerprint density at radius 1 is 1.06 bits per heavy atom. The molecular weight excluding hydrogens is 218 g/mol. The van der Waals surface area contributed by atoms with Gasteiger partial charge < -0.3 is 4.90 Å². The van der Waals surface area contributed by atoms with Crippen LogP contribution in [0.3, 0.4) is 0 Å². The van der Waals surface area contributed by atoms with Gasteiger partial charge in [0.1, 0.15) is 0 Å². The molecule has 1 nitrogen and oxygen atoms in total. The summed E-state index contributed by atoms with van der Waals surface area (Å²) in [6.07, 6.45) is 12.8. The molecule has 1 heteroatoms. The molecule has 0 spiro atoms. The number of likely N-dealkylation sites (tertiary alicyclic amines) is 1. The van der Waals surface area contributed by atoms with Crippen molar-refractivity contribution in [2.45, 2.75) is 84.6 Å². The van der Waals surface area contributed by atoms with Crippen molar-refractivity contribution in [1.82, 2.24) is 4.90 Å². The van der Waals surface area contributed by atoms with E-state index in [0.29, 0.717) is 0 Å². The molecule has 1 fully saturated rings. The van der Waals surface area contributed by atoms with Crippen molar-refractivity contribution in [2.24, 2.45) is 11.8 Å². The Balaban J connectivity index is 2.49. The van der Waals surface area contributed by atoms with Crippen LogP contribution in [0.1, 0.15) is 78.6 Å². The van der Waals surface area contributed by atoms with Crippen molar-refractivity contribution in [3.05, 3.63) is 0 Å². The third kappa shape index (κ3) is 4.91. The lowest BCUT2D eigenvalue weighted by atomic mass is 9.76. The molecule has 1 heterocycles. The summed E-state index contributed by atoms with van der Waals surface area (Å²) in [6.45, 7) is 8.36. The smallest absolute Gasteiger partial charge is 0.00923 e. The maximum Gasteiger partial charge on any atom is 0.00923 e. The molecule has 1 saturated heterocycles. The fourth-order valence-corrected chi connectivity index (χ4v) is 3.65. The molecule has 1 aliphatic rings. The van der Waals surface area contributed by atoms with Crippen molar-refractivity contribution in [1.29, 1.82) is 0 Å². The lowest BCUT2D eigenvalue weighted by Gasteiger charge is -2.40. The van der Waals surface area contributed by atoms with E-state index < -0.39 is 0 Å². The maximum absolute atomic E-state index is 2.59. The molecule has 2 unspecified atom stereocenters. The second kappa shape index (κ2) is 8.96. The molecule has 1 aliphatic heterocycles. The zero-order chi connectivity index (χ0) is 13.4. The standard InChI is InChI=1S/C17H35N/c1-5-8-10-15(11-9-6-2)16-12-13-18(4)17(7-3)14-16/h15-17H,5-14H2,1-4H3. The van der Waals surface area contributed by atoms with Gasteiger partial charge in [0, 0.05) is 6.04 Å². The predicted molar refractivity (Wildman–Crippen MR) is 82.0 cm³/mol. The maximum atomic E-state index is 2.59. The van der Waals surface area contributed by atoms with Gasteiger partial charge in [-0.15, -0.1) is 0 Å². The number of nitrogens with zero attached hydrogens (tertiary/aromatic N) is 1. The molecule has 0 saturated carbocycles. The molecule has 0 bridgehead atoms. The van der Waals surface area contributed by atoms with Gasteiger partial charge in [-0.25, -0.2) is 0 Å². The zero-order valence-corrected chi connectivity index (χ0v) is 13.3. The normalized spacial score (nSPS) is 25.8. The van der Waals surface area contributed by atoms with Gasteiger partial charge in [0.05, 0.1) is 0 Å². The molecule has 2 atom stereocenters. The minimum absolute atomic E-state index is 0.856. The highest BCUT2D eigenvalue weighted by Gasteiger charge is 2.29. The van der Waals surface area contributed by atoms with E-state index in [1.54, 1.807) is 0 Å². The quantitative estimate of drug-likeness (QED) is 0.581. The Bertz CT molecular complexity index is 191. The molecule has 1 rings (SSSR count). The summed E-state index contributed by atoms with van der Waals surface area (Å²) in [5.74, 6) is 2.04. The highest BCUT2D eigenvalue weighted by Crippen LogP contribution is 2.35. The molecule has 0 aliphatic carbocycles. The summed E-state index contributed by atoms with van der Waals surface area (Å²) in [6, 6.07) is 0.856. The summed E-state index contributed by atoms with van der Waals surface area (Å²) < 4.78 is 0. The summed E-state index contributed by atoms with van der Waals surface area (Å²) in [5, 5.41) is 0. The van der Waals surface area contributed by atoms with Crippen molar-refractivity contribution >= 4 is 0 Å². The minimum atomic E-state index is 0.856. The van der Waals surface area contributed by atoms with Crippen LogP contribution < -0.4 is 0 Å². The van der Waals surface area contributed by atoms with Crippen molar-refractivity contribution in [3.8, 4) is 0 Å². The Kier molecular flexibility index (Phi) is 7.97. The largest absolute Gasteiger partial charge is 0.303 e. The van der Waals surface area contributed by atoms with Crippen LogP contribution in [0.15, 0.2) is 0 Å². The second-order valence-corrected chi connectivity index (χ2v) is 6.37. The van der Waals surface area contributed by atoms with Gasteiger partial charge in [0.2, 0.25) is 0 Å². The van der Waals surface area contributed by atoms with Gasteiger partial charge >= 0.3 is 0 Å². The fourth-order valence-electron chi connectivity index (χ4n) is 3.65. The molecule has 0 aromatic carbocycles. The van der Waals surface area contributed by atoms with Crippen LogP contribution in [0.2, 0.25) is 0 Å². The third-order valence-electron chi connectivity index (χ3n) is 5.05. The van der Waals surface area contributed by atoms with Crippen LogP contribution in [0, 0.1) is 11.8 Å². The first kappa shape index (κ1) is 16.0. The molecule has 0 radical (unpaired) electrons. The minimum Gasteiger partial charge on any atom is -0.303 e. The summed E-state index contributed by atoms with van der Waals surface area (Å²) in [7, 11) is 2.32. The number of piperidine rings is 1. The Morgan fingerprint density at radius 2 is 1.67 bits per heavy atom. The lowest BCUT2D eigenvalue weighted by molar-refractivity contribution is 0.0979. The first-order chi connectivity index (χ1) is 8.72. The van der Waals surface area contributed by atoms with E-state index in [-0.39, 0.29) is 0 Å². The topological polar surface area (TPSA) is 3.24 Å². The summed E-state index contributed by atoms with van der Waals surface area (Å²) >= 11 is 0. The molecule has 0 aromatic heterocycles. The van der Waals surface area contributed by atoms with E-state index in [4.69, 9.17) is 0 Å². The van der Waals surface area contributed by atoms with Crippen LogP contribution in [0.4, 0.5) is 0 Å². The first-order valence-electron chi connectivity index (χ1n) is 8.43. The molecule has 0 aromatic rings. The van der Waals surface area contributed by atoms with E-state index in [1.807, 2.05) is 0 Å². The van der Waals surface area contributed by atoms with Gasteiger partial charge in [-0.2, -0.15) is 0 Å². The third-order valence-corrected chi connectivity index (χ3v) is 5.05. The van der Waals surface area contributed by atoms with Gasteiger partial charge in [0.25, 0.3) is 0 Å². The van der Waals surface area contributed by atoms with Crippen molar-refractivity contribution in [3.63, 3.8) is 0 Å². The fraction of sp³-hybridized carbons (Fsp3) is 1.00. The average molecular weight is 253 g/mol. The Morgan fingerprint density at radius 3 is 2.17 bits per heavy atom. The summed E-state index contributed by atoms with van der Waals surface area (Å²) in [5.41, 5.74) is 0. The van der Waals surface area contributed by atoms with E-state index in [9.17, 15) is 0 Å². The van der Waals surface area contributed by atoms with Crippen LogP contribution in [-0.4, -0.2) is 24.5 Å². The Hall–Kier alpha value is -0.0400. The molecule has 0 amide bonds. The van der Waals surface area contributed by atoms with Crippen LogP contribution in [-0.2, 0) is 0 Å². The SMILES string of the molecule is CCCCC(CCCC)C1CCN(C)C(CC)C1. The molecule has 108 valence electrons. The van der Waals surface area contributed by atoms with Crippen LogP contribution >= 0.6 is 0 Å². The van der Waals surface area contributed by atoms with Crippen molar-refractivity contribution in [2.75, 3.05) is 13.6 Å². The number of hydrogen-bond acceptors (Lipinski definition) is 1. The Labute approximate surface area is 115 Å². The van der Waals surface area contributed by atoms with E-state index in [0.717, 1.165) is 17.9 Å². The first-order valence-corrected chi connectivity index (χ1v) is 8.43. The summed E-state index contributed by atoms with van der Waals surface area (Å²) in [4.78, 5) is 2.59. The highest BCUT2D eigenvalue weighted by atomic mass is 15.1. The number of hydrogen-bond donors (Lipinski definition) is 0. The number of unbranched alkanes of at least 4 members (excludes halogenated alkanes) is 2. The van der Waals surface area contributed by atoms with Gasteiger partial charge in [0.15, 0.2) is 0 Å². The van der Waals surface area contributed by atoms with E-state index >= 15 is 0 Å². The molecular formula is C17H35N. The van der Waals surface area contributed by atoms with Crippen molar-refractivity contribution < 1.29 is 0 Å². The zero-order valence-electron chi connectivity index (χ0n) is 13.3. The predicted octanol–water partition coefficient (Wildman–Crippen LogP) is 5.10. The molecule has 0 N–H and O–H groups in total. The second-order valence-electron chi connectivity index (χ2n) is 6.37. The van der Waals surface area contributed by atoms with Gasteiger partial charge in [-0.1, -0.05) is 59.3 Å². The van der Waals surface area contributed by atoms with Gasteiger partial charge in [-0.05, 0) is 44.7 Å². The highest BCUT2D eigenvalue weighted by molar-refractivity contribution is 4.83. The lowest BCUT2D eigenvalue weighted by Crippen LogP contribution is -2.41. The van der Waals surface area contributed by atoms with Gasteiger partial charge in [-0.3, -0.25) is 0 Å². The number of rotatable bonds is 8. The monoisotopic (exact) mass is 253 g/mol. The average Bonchev–Trinajstić information content (AvgIpc) is 2.40. The van der Waals surface area contributed by atoms with E-state index in [1.165, 1.54) is 64.3 Å². The van der Waals surface area contributed by atoms with Crippen LogP contribution in [0.25, 0.3) is 0 Å². The molecule has 18 heavy (non-hydrogen) atoms. The van der Waals surface area contributed by atoms with Crippen LogP contribution in [0.5, 0.6) is 0 Å².